The van der Waals surface area contributed by atoms with Crippen molar-refractivity contribution in [2.24, 2.45) is 5.92 Å². The lowest BCUT2D eigenvalue weighted by molar-refractivity contribution is 0.0941. The number of aromatic hydroxyl groups is 1. The number of halogens is 1. The van der Waals surface area contributed by atoms with Gasteiger partial charge in [0.2, 0.25) is 0 Å². The van der Waals surface area contributed by atoms with Gasteiger partial charge in [-0.3, -0.25) is 4.79 Å². The molecule has 0 aliphatic heterocycles. The number of amides is 1. The Morgan fingerprint density at radius 2 is 2.20 bits per heavy atom. The summed E-state index contributed by atoms with van der Waals surface area (Å²) >= 11 is 3.68. The van der Waals surface area contributed by atoms with E-state index in [4.69, 9.17) is 4.74 Å². The van der Waals surface area contributed by atoms with Gasteiger partial charge < -0.3 is 15.2 Å². The van der Waals surface area contributed by atoms with Crippen molar-refractivity contribution in [1.82, 2.24) is 5.32 Å². The molecule has 1 fully saturated rings. The Morgan fingerprint density at radius 3 is 2.90 bits per heavy atom. The van der Waals surface area contributed by atoms with Crippen LogP contribution in [0.5, 0.6) is 11.5 Å². The highest BCUT2D eigenvalue weighted by atomic mass is 79.9. The summed E-state index contributed by atoms with van der Waals surface area (Å²) in [6, 6.07) is 4.92. The molecule has 20 heavy (non-hydrogen) atoms. The molecule has 2 N–H and O–H groups in total. The number of methoxy groups -OCH3 is 1. The molecule has 1 aromatic rings. The van der Waals surface area contributed by atoms with Gasteiger partial charge in [-0.25, -0.2) is 0 Å². The van der Waals surface area contributed by atoms with Crippen LogP contribution in [0.25, 0.3) is 0 Å². The first-order valence-corrected chi connectivity index (χ1v) is 7.83. The van der Waals surface area contributed by atoms with Crippen molar-refractivity contribution in [3.63, 3.8) is 0 Å². The topological polar surface area (TPSA) is 58.6 Å². The normalized spacial score (nSPS) is 22.3. The maximum atomic E-state index is 12.1. The minimum absolute atomic E-state index is 0.105. The van der Waals surface area contributed by atoms with Crippen molar-refractivity contribution >= 4 is 21.8 Å². The van der Waals surface area contributed by atoms with E-state index in [0.29, 0.717) is 23.0 Å². The Morgan fingerprint density at radius 1 is 1.45 bits per heavy atom. The van der Waals surface area contributed by atoms with Crippen molar-refractivity contribution < 1.29 is 14.6 Å². The summed E-state index contributed by atoms with van der Waals surface area (Å²) in [7, 11) is 1.47. The van der Waals surface area contributed by atoms with Crippen LogP contribution >= 0.6 is 15.9 Å². The molecule has 1 amide bonds. The quantitative estimate of drug-likeness (QED) is 0.827. The molecule has 2 rings (SSSR count). The third kappa shape index (κ3) is 3.45. The predicted molar refractivity (Wildman–Crippen MR) is 81.7 cm³/mol. The molecule has 2 unspecified atom stereocenters. The summed E-state index contributed by atoms with van der Waals surface area (Å²) in [6.45, 7) is 0.630. The number of nitrogens with one attached hydrogen (secondary N) is 1. The number of ether oxygens (including phenoxy) is 1. The van der Waals surface area contributed by atoms with Crippen LogP contribution in [0.4, 0.5) is 0 Å². The van der Waals surface area contributed by atoms with E-state index in [0.717, 1.165) is 12.8 Å². The molecule has 5 heteroatoms. The fraction of sp³-hybridized carbons (Fsp3) is 0.533. The lowest BCUT2D eigenvalue weighted by Crippen LogP contribution is -2.34. The SMILES string of the molecule is COc1cccc(C(=O)NCC2CCCCC2Br)c1O. The van der Waals surface area contributed by atoms with Crippen LogP contribution in [0.3, 0.4) is 0 Å². The van der Waals surface area contributed by atoms with Crippen LogP contribution < -0.4 is 10.1 Å². The molecule has 1 saturated carbocycles. The van der Waals surface area contributed by atoms with Gasteiger partial charge >= 0.3 is 0 Å². The molecular weight excluding hydrogens is 322 g/mol. The summed E-state index contributed by atoms with van der Waals surface area (Å²) in [6.07, 6.45) is 4.75. The van der Waals surface area contributed by atoms with E-state index in [1.807, 2.05) is 0 Å². The molecular formula is C15H20BrNO3. The molecule has 2 atom stereocenters. The smallest absolute Gasteiger partial charge is 0.255 e. The number of carbonyl (C=O) groups is 1. The molecule has 110 valence electrons. The Balaban J connectivity index is 1.98. The zero-order chi connectivity index (χ0) is 14.5. The van der Waals surface area contributed by atoms with Crippen molar-refractivity contribution in [3.05, 3.63) is 23.8 Å². The van der Waals surface area contributed by atoms with E-state index in [-0.39, 0.29) is 17.2 Å². The first-order chi connectivity index (χ1) is 9.63. The first kappa shape index (κ1) is 15.2. The summed E-state index contributed by atoms with van der Waals surface area (Å²) in [4.78, 5) is 12.6. The number of rotatable bonds is 4. The predicted octanol–water partition coefficient (Wildman–Crippen LogP) is 3.08. The number of alkyl halides is 1. The second kappa shape index (κ2) is 6.97. The Bertz CT molecular complexity index is 478. The third-order valence-corrected chi connectivity index (χ3v) is 5.01. The van der Waals surface area contributed by atoms with Crippen molar-refractivity contribution in [2.75, 3.05) is 13.7 Å². The number of hydrogen-bond acceptors (Lipinski definition) is 3. The number of benzene rings is 1. The standard InChI is InChI=1S/C15H20BrNO3/c1-20-13-8-4-6-11(14(13)18)15(19)17-9-10-5-2-3-7-12(10)16/h4,6,8,10,12,18H,2-3,5,7,9H2,1H3,(H,17,19). The van der Waals surface area contributed by atoms with Crippen LogP contribution in [-0.4, -0.2) is 29.5 Å². The van der Waals surface area contributed by atoms with Gasteiger partial charge in [0.15, 0.2) is 11.5 Å². The van der Waals surface area contributed by atoms with Gasteiger partial charge in [-0.05, 0) is 30.9 Å². The molecule has 0 heterocycles. The maximum Gasteiger partial charge on any atom is 0.255 e. The highest BCUT2D eigenvalue weighted by molar-refractivity contribution is 9.09. The molecule has 4 nitrogen and oxygen atoms in total. The number of phenolic OH excluding ortho intramolecular Hbond substituents is 1. The van der Waals surface area contributed by atoms with E-state index in [1.54, 1.807) is 18.2 Å². The first-order valence-electron chi connectivity index (χ1n) is 6.91. The molecule has 1 aliphatic rings. The van der Waals surface area contributed by atoms with Gasteiger partial charge in [-0.2, -0.15) is 0 Å². The Kier molecular flexibility index (Phi) is 5.29. The Labute approximate surface area is 127 Å². The van der Waals surface area contributed by atoms with Gasteiger partial charge in [-0.15, -0.1) is 0 Å². The number of phenols is 1. The van der Waals surface area contributed by atoms with Gasteiger partial charge in [0, 0.05) is 11.4 Å². The lowest BCUT2D eigenvalue weighted by atomic mass is 9.89. The minimum atomic E-state index is -0.258. The fourth-order valence-electron chi connectivity index (χ4n) is 2.58. The molecule has 0 spiro atoms. The second-order valence-corrected chi connectivity index (χ2v) is 6.30. The molecule has 0 aromatic heterocycles. The van der Waals surface area contributed by atoms with Crippen LogP contribution in [0.1, 0.15) is 36.0 Å². The van der Waals surface area contributed by atoms with Gasteiger partial charge in [-0.1, -0.05) is 34.8 Å². The van der Waals surface area contributed by atoms with Crippen LogP contribution in [0.2, 0.25) is 0 Å². The lowest BCUT2D eigenvalue weighted by Gasteiger charge is -2.27. The highest BCUT2D eigenvalue weighted by Gasteiger charge is 2.24. The molecule has 0 radical (unpaired) electrons. The van der Waals surface area contributed by atoms with Crippen LogP contribution in [0.15, 0.2) is 18.2 Å². The summed E-state index contributed by atoms with van der Waals surface area (Å²) < 4.78 is 5.01. The maximum absolute atomic E-state index is 12.1. The average Bonchev–Trinajstić information content (AvgIpc) is 2.46. The number of para-hydroxylation sites is 1. The minimum Gasteiger partial charge on any atom is -0.504 e. The number of hydrogen-bond donors (Lipinski definition) is 2. The second-order valence-electron chi connectivity index (χ2n) is 5.13. The van der Waals surface area contributed by atoms with Crippen LogP contribution in [0, 0.1) is 5.92 Å². The monoisotopic (exact) mass is 341 g/mol. The molecule has 1 aliphatic carbocycles. The van der Waals surface area contributed by atoms with E-state index in [2.05, 4.69) is 21.2 Å². The zero-order valence-electron chi connectivity index (χ0n) is 11.6. The Hall–Kier alpha value is -1.23. The van der Waals surface area contributed by atoms with Crippen molar-refractivity contribution in [3.8, 4) is 11.5 Å². The molecule has 0 saturated heterocycles. The van der Waals surface area contributed by atoms with E-state index >= 15 is 0 Å². The average molecular weight is 342 g/mol. The van der Waals surface area contributed by atoms with Gasteiger partial charge in [0.05, 0.1) is 12.7 Å². The summed E-state index contributed by atoms with van der Waals surface area (Å²) in [5.74, 6) is 0.410. The van der Waals surface area contributed by atoms with Gasteiger partial charge in [0.25, 0.3) is 5.91 Å². The van der Waals surface area contributed by atoms with Crippen molar-refractivity contribution in [1.29, 1.82) is 0 Å². The summed E-state index contributed by atoms with van der Waals surface area (Å²) in [5, 5.41) is 12.9. The highest BCUT2D eigenvalue weighted by Crippen LogP contribution is 2.31. The molecule has 0 bridgehead atoms. The summed E-state index contributed by atoms with van der Waals surface area (Å²) in [5.41, 5.74) is 0.256. The van der Waals surface area contributed by atoms with E-state index in [9.17, 15) is 9.90 Å². The van der Waals surface area contributed by atoms with Gasteiger partial charge in [0.1, 0.15) is 0 Å². The van der Waals surface area contributed by atoms with Crippen LogP contribution in [-0.2, 0) is 0 Å². The largest absolute Gasteiger partial charge is 0.504 e. The molecule has 1 aromatic carbocycles. The zero-order valence-corrected chi connectivity index (χ0v) is 13.1. The third-order valence-electron chi connectivity index (χ3n) is 3.80. The van der Waals surface area contributed by atoms with Crippen molar-refractivity contribution in [2.45, 2.75) is 30.5 Å². The fourth-order valence-corrected chi connectivity index (χ4v) is 3.36. The number of carbonyl (C=O) groups excluding carboxylic acids is 1. The van der Waals surface area contributed by atoms with E-state index in [1.165, 1.54) is 20.0 Å². The van der Waals surface area contributed by atoms with E-state index < -0.39 is 0 Å².